The molecule has 0 unspecified atom stereocenters. The standard InChI is InChI=1S/C20H27F3N4O3/c1-26-16(28)15-11-24-17(19(29)9-3-2-4-10-19)27(15)25-18(26)30-12-13-5-7-14(8-6-13)20(21,22)23/h11,13-14,29H,2-10,12H2,1H3/t13-,14-. The summed E-state index contributed by atoms with van der Waals surface area (Å²) in [4.78, 5) is 17.0. The molecule has 10 heteroatoms. The Morgan fingerprint density at radius 3 is 2.50 bits per heavy atom. The molecule has 0 atom stereocenters. The summed E-state index contributed by atoms with van der Waals surface area (Å²) in [5, 5.41) is 15.4. The van der Waals surface area contributed by atoms with E-state index in [0.29, 0.717) is 31.5 Å². The first kappa shape index (κ1) is 21.1. The summed E-state index contributed by atoms with van der Waals surface area (Å²) in [5.41, 5.74) is -1.22. The Balaban J connectivity index is 1.53. The summed E-state index contributed by atoms with van der Waals surface area (Å²) >= 11 is 0. The fourth-order valence-electron chi connectivity index (χ4n) is 4.66. The van der Waals surface area contributed by atoms with Crippen molar-refractivity contribution in [3.05, 3.63) is 22.4 Å². The number of ether oxygens (including phenoxy) is 1. The predicted octanol–water partition coefficient (Wildman–Crippen LogP) is 3.33. The van der Waals surface area contributed by atoms with Crippen LogP contribution in [0.5, 0.6) is 6.01 Å². The third kappa shape index (κ3) is 3.93. The lowest BCUT2D eigenvalue weighted by Crippen LogP contribution is -2.33. The van der Waals surface area contributed by atoms with Crippen LogP contribution < -0.4 is 10.3 Å². The second-order valence-electron chi connectivity index (χ2n) is 8.69. The summed E-state index contributed by atoms with van der Waals surface area (Å²) in [7, 11) is 1.53. The third-order valence-corrected chi connectivity index (χ3v) is 6.59. The summed E-state index contributed by atoms with van der Waals surface area (Å²) < 4.78 is 47.0. The molecular formula is C20H27F3N4O3. The number of fused-ring (bicyclic) bond motifs is 1. The minimum Gasteiger partial charge on any atom is -0.463 e. The lowest BCUT2D eigenvalue weighted by atomic mass is 9.82. The maximum Gasteiger partial charge on any atom is 0.391 e. The van der Waals surface area contributed by atoms with Gasteiger partial charge in [-0.2, -0.15) is 13.2 Å². The van der Waals surface area contributed by atoms with E-state index in [-0.39, 0.29) is 42.5 Å². The molecule has 2 aliphatic rings. The van der Waals surface area contributed by atoms with E-state index in [1.165, 1.54) is 22.3 Å². The van der Waals surface area contributed by atoms with E-state index in [9.17, 15) is 23.1 Å². The highest BCUT2D eigenvalue weighted by Crippen LogP contribution is 2.39. The van der Waals surface area contributed by atoms with E-state index in [4.69, 9.17) is 4.74 Å². The molecule has 0 spiro atoms. The molecule has 2 heterocycles. The van der Waals surface area contributed by atoms with Crippen molar-refractivity contribution < 1.29 is 23.0 Å². The van der Waals surface area contributed by atoms with Gasteiger partial charge >= 0.3 is 12.2 Å². The van der Waals surface area contributed by atoms with Crippen molar-refractivity contribution in [2.75, 3.05) is 6.61 Å². The summed E-state index contributed by atoms with van der Waals surface area (Å²) in [6, 6.07) is 0.0732. The van der Waals surface area contributed by atoms with Crippen LogP contribution in [0.1, 0.15) is 63.6 Å². The molecule has 7 nitrogen and oxygen atoms in total. The van der Waals surface area contributed by atoms with Gasteiger partial charge in [-0.25, -0.2) is 9.50 Å². The van der Waals surface area contributed by atoms with Gasteiger partial charge in [-0.15, -0.1) is 5.10 Å². The van der Waals surface area contributed by atoms with Crippen LogP contribution in [0.3, 0.4) is 0 Å². The van der Waals surface area contributed by atoms with Crippen LogP contribution in [0, 0.1) is 11.8 Å². The second-order valence-corrected chi connectivity index (χ2v) is 8.69. The highest BCUT2D eigenvalue weighted by Gasteiger charge is 2.41. The number of nitrogens with zero attached hydrogens (tertiary/aromatic N) is 4. The fraction of sp³-hybridized carbons (Fsp3) is 0.750. The van der Waals surface area contributed by atoms with Gasteiger partial charge in [0.05, 0.1) is 18.7 Å². The molecule has 30 heavy (non-hydrogen) atoms. The first-order valence-electron chi connectivity index (χ1n) is 10.6. The lowest BCUT2D eigenvalue weighted by molar-refractivity contribution is -0.184. The minimum atomic E-state index is -4.14. The molecule has 0 bridgehead atoms. The average molecular weight is 428 g/mol. The molecule has 0 aromatic carbocycles. The molecule has 0 aliphatic heterocycles. The van der Waals surface area contributed by atoms with Crippen LogP contribution in [0.15, 0.2) is 11.0 Å². The van der Waals surface area contributed by atoms with Crippen molar-refractivity contribution in [3.63, 3.8) is 0 Å². The smallest absolute Gasteiger partial charge is 0.391 e. The normalized spacial score (nSPS) is 24.8. The zero-order chi connectivity index (χ0) is 21.5. The SMILES string of the molecule is Cn1c(OC[C@H]2CC[C@H](C(F)(F)F)CC2)nn2c(C3(O)CCCCC3)ncc2c1=O. The average Bonchev–Trinajstić information content (AvgIpc) is 3.15. The Morgan fingerprint density at radius 1 is 1.20 bits per heavy atom. The minimum absolute atomic E-state index is 0.0130. The number of alkyl halides is 3. The Morgan fingerprint density at radius 2 is 1.87 bits per heavy atom. The van der Waals surface area contributed by atoms with E-state index in [2.05, 4.69) is 10.1 Å². The monoisotopic (exact) mass is 428 g/mol. The van der Waals surface area contributed by atoms with E-state index in [1.807, 2.05) is 0 Å². The molecule has 0 saturated heterocycles. The second kappa shape index (κ2) is 7.86. The molecule has 2 aromatic heterocycles. The van der Waals surface area contributed by atoms with Crippen molar-refractivity contribution >= 4 is 5.52 Å². The van der Waals surface area contributed by atoms with Gasteiger partial charge < -0.3 is 9.84 Å². The number of hydrogen-bond acceptors (Lipinski definition) is 5. The van der Waals surface area contributed by atoms with Gasteiger partial charge in [-0.1, -0.05) is 19.3 Å². The molecule has 2 aromatic rings. The zero-order valence-corrected chi connectivity index (χ0v) is 17.0. The van der Waals surface area contributed by atoms with Gasteiger partial charge in [-0.3, -0.25) is 9.36 Å². The first-order chi connectivity index (χ1) is 14.2. The largest absolute Gasteiger partial charge is 0.463 e. The molecule has 2 saturated carbocycles. The quantitative estimate of drug-likeness (QED) is 0.808. The predicted molar refractivity (Wildman–Crippen MR) is 102 cm³/mol. The molecule has 166 valence electrons. The highest BCUT2D eigenvalue weighted by molar-refractivity contribution is 5.43. The Labute approximate surface area is 171 Å². The topological polar surface area (TPSA) is 81.7 Å². The molecule has 2 fully saturated rings. The Hall–Kier alpha value is -2.10. The summed E-state index contributed by atoms with van der Waals surface area (Å²) in [6.45, 7) is 0.199. The van der Waals surface area contributed by atoms with E-state index in [0.717, 1.165) is 19.3 Å². The van der Waals surface area contributed by atoms with Crippen molar-refractivity contribution in [2.45, 2.75) is 69.6 Å². The van der Waals surface area contributed by atoms with Gasteiger partial charge in [0.25, 0.3) is 5.56 Å². The maximum atomic E-state index is 12.8. The molecule has 0 amide bonds. The van der Waals surface area contributed by atoms with Gasteiger partial charge in [0.2, 0.25) is 0 Å². The van der Waals surface area contributed by atoms with Crippen molar-refractivity contribution in [1.82, 2.24) is 19.2 Å². The van der Waals surface area contributed by atoms with Crippen LogP contribution in [-0.2, 0) is 12.6 Å². The van der Waals surface area contributed by atoms with E-state index < -0.39 is 17.7 Å². The summed E-state index contributed by atoms with van der Waals surface area (Å²) in [5.74, 6) is -0.913. The molecule has 0 radical (unpaired) electrons. The molecule has 1 N–H and O–H groups in total. The van der Waals surface area contributed by atoms with Crippen LogP contribution in [-0.4, -0.2) is 37.1 Å². The number of imidazole rings is 1. The van der Waals surface area contributed by atoms with Crippen molar-refractivity contribution in [1.29, 1.82) is 0 Å². The number of hydrogen-bond donors (Lipinski definition) is 1. The van der Waals surface area contributed by atoms with E-state index in [1.54, 1.807) is 0 Å². The number of aliphatic hydroxyl groups is 1. The summed E-state index contributed by atoms with van der Waals surface area (Å²) in [6.07, 6.45) is 2.24. The van der Waals surface area contributed by atoms with Gasteiger partial charge in [0.15, 0.2) is 11.3 Å². The highest BCUT2D eigenvalue weighted by atomic mass is 19.4. The van der Waals surface area contributed by atoms with Crippen LogP contribution in [0.2, 0.25) is 0 Å². The number of aromatic nitrogens is 4. The Kier molecular flexibility index (Phi) is 5.54. The van der Waals surface area contributed by atoms with Crippen LogP contribution in [0.4, 0.5) is 13.2 Å². The lowest BCUT2D eigenvalue weighted by Gasteiger charge is -2.30. The first-order valence-corrected chi connectivity index (χ1v) is 10.6. The zero-order valence-electron chi connectivity index (χ0n) is 17.0. The van der Waals surface area contributed by atoms with Gasteiger partial charge in [-0.05, 0) is 44.4 Å². The Bertz CT molecular complexity index is 955. The van der Waals surface area contributed by atoms with Gasteiger partial charge in [0.1, 0.15) is 5.60 Å². The third-order valence-electron chi connectivity index (χ3n) is 6.59. The number of halogens is 3. The van der Waals surface area contributed by atoms with Crippen molar-refractivity contribution in [3.8, 4) is 6.01 Å². The van der Waals surface area contributed by atoms with Crippen LogP contribution >= 0.6 is 0 Å². The van der Waals surface area contributed by atoms with Crippen LogP contribution in [0.25, 0.3) is 5.52 Å². The molecular weight excluding hydrogens is 401 g/mol. The van der Waals surface area contributed by atoms with Gasteiger partial charge in [0, 0.05) is 7.05 Å². The fourth-order valence-corrected chi connectivity index (χ4v) is 4.66. The molecule has 2 aliphatic carbocycles. The van der Waals surface area contributed by atoms with E-state index >= 15 is 0 Å². The van der Waals surface area contributed by atoms with Crippen molar-refractivity contribution in [2.24, 2.45) is 18.9 Å². The molecule has 4 rings (SSSR count). The number of rotatable bonds is 4. The maximum absolute atomic E-state index is 12.8.